The molecule has 0 aromatic carbocycles. The molecule has 2 aromatic heterocycles. The molecule has 2 aromatic rings. The van der Waals surface area contributed by atoms with Crippen LogP contribution in [0, 0.1) is 12.8 Å². The molecular weight excluding hydrogens is 292 g/mol. The number of aromatic nitrogens is 3. The van der Waals surface area contributed by atoms with Gasteiger partial charge in [-0.3, -0.25) is 9.78 Å². The molecule has 1 aliphatic rings. The summed E-state index contributed by atoms with van der Waals surface area (Å²) in [5, 5.41) is 2.99. The van der Waals surface area contributed by atoms with Gasteiger partial charge in [-0.15, -0.1) is 0 Å². The van der Waals surface area contributed by atoms with Crippen LogP contribution in [0.4, 0.5) is 0 Å². The second-order valence-electron chi connectivity index (χ2n) is 5.74. The van der Waals surface area contributed by atoms with Gasteiger partial charge in [-0.1, -0.05) is 6.07 Å². The fourth-order valence-corrected chi connectivity index (χ4v) is 2.96. The van der Waals surface area contributed by atoms with Crippen molar-refractivity contribution in [3.63, 3.8) is 0 Å². The van der Waals surface area contributed by atoms with E-state index in [4.69, 9.17) is 4.74 Å². The lowest BCUT2D eigenvalue weighted by atomic mass is 9.99. The van der Waals surface area contributed by atoms with Gasteiger partial charge in [-0.2, -0.15) is 0 Å². The first kappa shape index (κ1) is 15.7. The van der Waals surface area contributed by atoms with Gasteiger partial charge in [0.15, 0.2) is 0 Å². The molecule has 122 valence electrons. The summed E-state index contributed by atoms with van der Waals surface area (Å²) in [6, 6.07) is 3.89. The maximum absolute atomic E-state index is 12.6. The van der Waals surface area contributed by atoms with Crippen LogP contribution in [0.15, 0.2) is 30.7 Å². The number of rotatable bonds is 5. The minimum atomic E-state index is -0.269. The van der Waals surface area contributed by atoms with Crippen LogP contribution in [-0.2, 0) is 22.6 Å². The molecule has 0 saturated carbocycles. The van der Waals surface area contributed by atoms with Crippen LogP contribution >= 0.6 is 0 Å². The minimum absolute atomic E-state index is 0.00297. The first-order valence-electron chi connectivity index (χ1n) is 8.01. The molecule has 0 aliphatic carbocycles. The van der Waals surface area contributed by atoms with Crippen molar-refractivity contribution >= 4 is 5.91 Å². The van der Waals surface area contributed by atoms with Gasteiger partial charge in [-0.05, 0) is 31.9 Å². The van der Waals surface area contributed by atoms with E-state index in [0.717, 1.165) is 23.6 Å². The van der Waals surface area contributed by atoms with Crippen LogP contribution in [0.5, 0.6) is 0 Å². The van der Waals surface area contributed by atoms with E-state index in [0.29, 0.717) is 19.6 Å². The highest BCUT2D eigenvalue weighted by Crippen LogP contribution is 2.33. The highest BCUT2D eigenvalue weighted by Gasteiger charge is 2.37. The summed E-state index contributed by atoms with van der Waals surface area (Å²) in [6.07, 6.45) is 5.87. The van der Waals surface area contributed by atoms with Gasteiger partial charge in [0, 0.05) is 31.7 Å². The van der Waals surface area contributed by atoms with Crippen molar-refractivity contribution < 1.29 is 9.53 Å². The van der Waals surface area contributed by atoms with Crippen molar-refractivity contribution in [3.8, 4) is 0 Å². The Kier molecular flexibility index (Phi) is 4.71. The van der Waals surface area contributed by atoms with Gasteiger partial charge < -0.3 is 14.6 Å². The molecule has 6 nitrogen and oxygen atoms in total. The number of nitrogens with one attached hydrogen (secondary N) is 1. The number of carbonyl (C=O) groups excluding carboxylic acids is 1. The summed E-state index contributed by atoms with van der Waals surface area (Å²) in [7, 11) is 0. The van der Waals surface area contributed by atoms with E-state index in [1.165, 1.54) is 0 Å². The summed E-state index contributed by atoms with van der Waals surface area (Å²) in [5.41, 5.74) is 1.97. The average Bonchev–Trinajstić information content (AvgIpc) is 3.21. The Balaban J connectivity index is 1.68. The molecule has 1 saturated heterocycles. The van der Waals surface area contributed by atoms with Crippen LogP contribution < -0.4 is 5.32 Å². The van der Waals surface area contributed by atoms with Gasteiger partial charge in [0.2, 0.25) is 5.91 Å². The zero-order valence-electron chi connectivity index (χ0n) is 13.5. The Hall–Kier alpha value is -2.21. The van der Waals surface area contributed by atoms with Crippen molar-refractivity contribution in [2.24, 2.45) is 5.92 Å². The van der Waals surface area contributed by atoms with Gasteiger partial charge in [0.05, 0.1) is 18.2 Å². The highest BCUT2D eigenvalue weighted by atomic mass is 16.5. The van der Waals surface area contributed by atoms with E-state index in [1.807, 2.05) is 29.8 Å². The molecule has 0 bridgehead atoms. The number of amides is 1. The molecule has 0 spiro atoms. The Labute approximate surface area is 135 Å². The number of carbonyl (C=O) groups is 1. The molecule has 3 heterocycles. The van der Waals surface area contributed by atoms with Gasteiger partial charge in [-0.25, -0.2) is 4.98 Å². The number of hydrogen-bond donors (Lipinski definition) is 1. The Bertz CT molecular complexity index is 683. The molecule has 1 aliphatic heterocycles. The van der Waals surface area contributed by atoms with Gasteiger partial charge >= 0.3 is 0 Å². The second kappa shape index (κ2) is 6.91. The third-order valence-corrected chi connectivity index (χ3v) is 4.32. The molecule has 6 heteroatoms. The summed E-state index contributed by atoms with van der Waals surface area (Å²) < 4.78 is 7.82. The number of hydrogen-bond acceptors (Lipinski definition) is 4. The molecule has 23 heavy (non-hydrogen) atoms. The van der Waals surface area contributed by atoms with E-state index < -0.39 is 0 Å². The van der Waals surface area contributed by atoms with Crippen molar-refractivity contribution in [1.29, 1.82) is 0 Å². The molecule has 2 atom stereocenters. The van der Waals surface area contributed by atoms with E-state index in [-0.39, 0.29) is 17.9 Å². The molecule has 0 unspecified atom stereocenters. The normalized spacial score (nSPS) is 20.6. The number of nitrogens with zero attached hydrogens (tertiary/aromatic N) is 3. The zero-order valence-corrected chi connectivity index (χ0v) is 13.5. The van der Waals surface area contributed by atoms with Gasteiger partial charge in [0.1, 0.15) is 11.9 Å². The van der Waals surface area contributed by atoms with Crippen molar-refractivity contribution in [2.75, 3.05) is 6.61 Å². The number of aryl methyl sites for hydroxylation is 2. The predicted octanol–water partition coefficient (Wildman–Crippen LogP) is 2.00. The van der Waals surface area contributed by atoms with Gasteiger partial charge in [0.25, 0.3) is 0 Å². The molecule has 1 fully saturated rings. The third kappa shape index (κ3) is 3.27. The maximum atomic E-state index is 12.6. The maximum Gasteiger partial charge on any atom is 0.226 e. The first-order chi connectivity index (χ1) is 11.2. The Morgan fingerprint density at radius 2 is 2.30 bits per heavy atom. The van der Waals surface area contributed by atoms with Crippen LogP contribution in [0.1, 0.15) is 36.5 Å². The predicted molar refractivity (Wildman–Crippen MR) is 85.5 cm³/mol. The highest BCUT2D eigenvalue weighted by molar-refractivity contribution is 5.79. The first-order valence-corrected chi connectivity index (χ1v) is 8.01. The lowest BCUT2D eigenvalue weighted by Crippen LogP contribution is -2.33. The SMILES string of the molecule is CCn1ccnc1[C@@H]1OCC[C@H]1C(=O)NCc1ncccc1C. The van der Waals surface area contributed by atoms with Crippen LogP contribution in [0.25, 0.3) is 0 Å². The minimum Gasteiger partial charge on any atom is -0.369 e. The molecular formula is C17H22N4O2. The molecule has 0 radical (unpaired) electrons. The molecule has 3 rings (SSSR count). The molecule has 1 amide bonds. The van der Waals surface area contributed by atoms with Crippen molar-refractivity contribution in [1.82, 2.24) is 19.9 Å². The van der Waals surface area contributed by atoms with E-state index in [2.05, 4.69) is 22.2 Å². The summed E-state index contributed by atoms with van der Waals surface area (Å²) in [6.45, 7) is 5.89. The van der Waals surface area contributed by atoms with Crippen LogP contribution in [-0.4, -0.2) is 27.0 Å². The lowest BCUT2D eigenvalue weighted by molar-refractivity contribution is -0.127. The fraction of sp³-hybridized carbons (Fsp3) is 0.471. The van der Waals surface area contributed by atoms with E-state index in [9.17, 15) is 4.79 Å². The average molecular weight is 314 g/mol. The van der Waals surface area contributed by atoms with Crippen molar-refractivity contribution in [2.45, 2.75) is 39.5 Å². The van der Waals surface area contributed by atoms with E-state index in [1.54, 1.807) is 12.4 Å². The standard InChI is InChI=1S/C17H22N4O2/c1-3-21-9-8-19-16(21)15-13(6-10-23-15)17(22)20-11-14-12(2)5-4-7-18-14/h4-5,7-9,13,15H,3,6,10-11H2,1-2H3,(H,20,22)/t13-,15-/m1/s1. The largest absolute Gasteiger partial charge is 0.369 e. The number of ether oxygens (including phenoxy) is 1. The Morgan fingerprint density at radius 1 is 1.43 bits per heavy atom. The van der Waals surface area contributed by atoms with Crippen molar-refractivity contribution in [3.05, 3.63) is 47.8 Å². The van der Waals surface area contributed by atoms with E-state index >= 15 is 0 Å². The fourth-order valence-electron chi connectivity index (χ4n) is 2.96. The number of pyridine rings is 1. The van der Waals surface area contributed by atoms with Crippen LogP contribution in [0.2, 0.25) is 0 Å². The van der Waals surface area contributed by atoms with Crippen LogP contribution in [0.3, 0.4) is 0 Å². The molecule has 1 N–H and O–H groups in total. The smallest absolute Gasteiger partial charge is 0.226 e. The number of imidazole rings is 1. The summed E-state index contributed by atoms with van der Waals surface area (Å²) in [5.74, 6) is 0.633. The Morgan fingerprint density at radius 3 is 3.09 bits per heavy atom. The monoisotopic (exact) mass is 314 g/mol. The quantitative estimate of drug-likeness (QED) is 0.916. The topological polar surface area (TPSA) is 69.0 Å². The summed E-state index contributed by atoms with van der Waals surface area (Å²) in [4.78, 5) is 21.3. The third-order valence-electron chi connectivity index (χ3n) is 4.32. The zero-order chi connectivity index (χ0) is 16.2. The summed E-state index contributed by atoms with van der Waals surface area (Å²) >= 11 is 0. The second-order valence-corrected chi connectivity index (χ2v) is 5.74. The lowest BCUT2D eigenvalue weighted by Gasteiger charge is -2.18.